The van der Waals surface area contributed by atoms with E-state index in [-0.39, 0.29) is 18.1 Å². The Morgan fingerprint density at radius 3 is 2.70 bits per heavy atom. The van der Waals surface area contributed by atoms with Gasteiger partial charge in [-0.3, -0.25) is 9.59 Å². The molecule has 6 heteroatoms. The molecule has 0 spiro atoms. The van der Waals surface area contributed by atoms with Crippen molar-refractivity contribution < 1.29 is 18.8 Å². The summed E-state index contributed by atoms with van der Waals surface area (Å²) < 4.78 is 10.5. The minimum Gasteiger partial charge on any atom is -0.497 e. The lowest BCUT2D eigenvalue weighted by atomic mass is 10.1. The minimum absolute atomic E-state index is 0.0510. The van der Waals surface area contributed by atoms with Gasteiger partial charge in [-0.15, -0.1) is 0 Å². The molecule has 0 aliphatic heterocycles. The first-order valence-corrected chi connectivity index (χ1v) is 8.47. The summed E-state index contributed by atoms with van der Waals surface area (Å²) in [5, 5.41) is 6.80. The summed E-state index contributed by atoms with van der Waals surface area (Å²) in [7, 11) is 1.60. The third kappa shape index (κ3) is 4.41. The van der Waals surface area contributed by atoms with E-state index in [0.29, 0.717) is 28.5 Å². The first-order valence-electron chi connectivity index (χ1n) is 8.47. The van der Waals surface area contributed by atoms with Gasteiger partial charge in [0.05, 0.1) is 19.2 Å². The summed E-state index contributed by atoms with van der Waals surface area (Å²) in [5.41, 5.74) is 3.39. The Hall–Kier alpha value is -3.41. The average Bonchev–Trinajstić information content (AvgIpc) is 3.11. The van der Waals surface area contributed by atoms with Crippen molar-refractivity contribution in [3.05, 3.63) is 65.4 Å². The minimum atomic E-state index is -0.232. The summed E-state index contributed by atoms with van der Waals surface area (Å²) in [6.45, 7) is 3.36. The second-order valence-corrected chi connectivity index (χ2v) is 6.23. The van der Waals surface area contributed by atoms with Gasteiger partial charge in [0.2, 0.25) is 5.91 Å². The molecule has 27 heavy (non-hydrogen) atoms. The summed E-state index contributed by atoms with van der Waals surface area (Å²) in [4.78, 5) is 23.9. The van der Waals surface area contributed by atoms with Gasteiger partial charge >= 0.3 is 0 Å². The van der Waals surface area contributed by atoms with Crippen molar-refractivity contribution in [2.24, 2.45) is 0 Å². The molecule has 0 saturated heterocycles. The summed E-state index contributed by atoms with van der Waals surface area (Å²) in [6.07, 6.45) is 0.0667. The van der Waals surface area contributed by atoms with Crippen LogP contribution >= 0.6 is 0 Å². The predicted molar refractivity (Wildman–Crippen MR) is 102 cm³/mol. The highest BCUT2D eigenvalue weighted by molar-refractivity contribution is 5.98. The van der Waals surface area contributed by atoms with Gasteiger partial charge in [-0.1, -0.05) is 29.4 Å². The summed E-state index contributed by atoms with van der Waals surface area (Å²) >= 11 is 0. The van der Waals surface area contributed by atoms with Gasteiger partial charge in [0.15, 0.2) is 11.5 Å². The molecule has 1 amide bonds. The van der Waals surface area contributed by atoms with Crippen LogP contribution in [0.25, 0.3) is 11.3 Å². The molecule has 0 bridgehead atoms. The molecule has 0 radical (unpaired) electrons. The number of ketones is 1. The number of Topliss-reactive ketones (excluding diaryl/α,β-unsaturated/α-hetero) is 1. The normalized spacial score (nSPS) is 10.5. The number of nitrogens with one attached hydrogen (secondary N) is 1. The van der Waals surface area contributed by atoms with Crippen LogP contribution in [0, 0.1) is 6.92 Å². The zero-order valence-corrected chi connectivity index (χ0v) is 15.4. The lowest BCUT2D eigenvalue weighted by Crippen LogP contribution is -2.15. The van der Waals surface area contributed by atoms with Crippen LogP contribution in [-0.4, -0.2) is 24.0 Å². The van der Waals surface area contributed by atoms with Crippen LogP contribution in [0.1, 0.15) is 28.5 Å². The van der Waals surface area contributed by atoms with Crippen molar-refractivity contribution in [1.82, 2.24) is 5.16 Å². The Morgan fingerprint density at radius 1 is 1.15 bits per heavy atom. The van der Waals surface area contributed by atoms with Crippen LogP contribution in [0.5, 0.6) is 5.75 Å². The maximum atomic E-state index is 12.4. The van der Waals surface area contributed by atoms with Gasteiger partial charge in [-0.25, -0.2) is 0 Å². The molecule has 0 saturated carbocycles. The van der Waals surface area contributed by atoms with Gasteiger partial charge in [0, 0.05) is 22.9 Å². The van der Waals surface area contributed by atoms with Crippen LogP contribution in [0.3, 0.4) is 0 Å². The molecule has 0 unspecified atom stereocenters. The maximum Gasteiger partial charge on any atom is 0.230 e. The van der Waals surface area contributed by atoms with E-state index in [4.69, 9.17) is 9.26 Å². The van der Waals surface area contributed by atoms with Crippen molar-refractivity contribution in [3.63, 3.8) is 0 Å². The lowest BCUT2D eigenvalue weighted by Gasteiger charge is -2.09. The van der Waals surface area contributed by atoms with E-state index in [1.54, 1.807) is 25.3 Å². The van der Waals surface area contributed by atoms with E-state index < -0.39 is 0 Å². The number of hydrogen-bond acceptors (Lipinski definition) is 5. The Balaban J connectivity index is 1.71. The summed E-state index contributed by atoms with van der Waals surface area (Å²) in [5.74, 6) is 0.990. The number of nitrogens with zero attached hydrogens (tertiary/aromatic N) is 1. The number of carbonyl (C=O) groups is 2. The number of methoxy groups -OCH3 is 1. The fraction of sp³-hybridized carbons (Fsp3) is 0.190. The van der Waals surface area contributed by atoms with E-state index in [9.17, 15) is 9.59 Å². The Morgan fingerprint density at radius 2 is 1.96 bits per heavy atom. The number of amides is 1. The fourth-order valence-corrected chi connectivity index (χ4v) is 2.64. The number of anilines is 1. The molecular weight excluding hydrogens is 344 g/mol. The molecule has 1 heterocycles. The molecule has 0 fully saturated rings. The van der Waals surface area contributed by atoms with E-state index in [0.717, 1.165) is 11.1 Å². The predicted octanol–water partition coefficient (Wildman–Crippen LogP) is 4.04. The molecule has 3 rings (SSSR count). The van der Waals surface area contributed by atoms with Crippen LogP contribution in [0.2, 0.25) is 0 Å². The quantitative estimate of drug-likeness (QED) is 0.668. The number of carbonyl (C=O) groups excluding carboxylic acids is 2. The number of aromatic nitrogens is 1. The van der Waals surface area contributed by atoms with Gasteiger partial charge in [0.25, 0.3) is 0 Å². The Kier molecular flexibility index (Phi) is 5.35. The van der Waals surface area contributed by atoms with Crippen molar-refractivity contribution in [3.8, 4) is 17.1 Å². The zero-order valence-electron chi connectivity index (χ0n) is 15.4. The topological polar surface area (TPSA) is 81.4 Å². The Bertz CT molecular complexity index is 991. The summed E-state index contributed by atoms with van der Waals surface area (Å²) in [6, 6.07) is 14.4. The molecule has 0 aliphatic carbocycles. The number of ether oxygens (including phenoxy) is 1. The van der Waals surface area contributed by atoms with Crippen LogP contribution in [-0.2, 0) is 11.2 Å². The highest BCUT2D eigenvalue weighted by Gasteiger charge is 2.13. The molecule has 1 N–H and O–H groups in total. The number of aryl methyl sites for hydroxylation is 1. The number of hydrogen-bond donors (Lipinski definition) is 1. The standard InChI is InChI=1S/C21H20N2O4/c1-13-7-8-15(14(2)24)10-19(13)22-21(25)12-17-11-20(27-23-17)16-5-4-6-18(9-16)26-3/h4-11H,12H2,1-3H3,(H,22,25). The first kappa shape index (κ1) is 18.4. The van der Waals surface area contributed by atoms with Crippen LogP contribution in [0.4, 0.5) is 5.69 Å². The molecular formula is C21H20N2O4. The van der Waals surface area contributed by atoms with E-state index in [1.807, 2.05) is 37.3 Å². The van der Waals surface area contributed by atoms with Crippen molar-refractivity contribution in [1.29, 1.82) is 0 Å². The monoisotopic (exact) mass is 364 g/mol. The molecule has 0 atom stereocenters. The molecule has 0 aliphatic rings. The third-order valence-corrected chi connectivity index (χ3v) is 4.17. The second-order valence-electron chi connectivity index (χ2n) is 6.23. The van der Waals surface area contributed by atoms with Crippen molar-refractivity contribution >= 4 is 17.4 Å². The molecule has 3 aromatic rings. The van der Waals surface area contributed by atoms with Gasteiger partial charge in [-0.2, -0.15) is 0 Å². The molecule has 2 aromatic carbocycles. The number of rotatable bonds is 6. The maximum absolute atomic E-state index is 12.4. The second kappa shape index (κ2) is 7.86. The van der Waals surface area contributed by atoms with Crippen LogP contribution < -0.4 is 10.1 Å². The van der Waals surface area contributed by atoms with Crippen molar-refractivity contribution in [2.75, 3.05) is 12.4 Å². The van der Waals surface area contributed by atoms with Gasteiger partial charge in [0.1, 0.15) is 5.75 Å². The highest BCUT2D eigenvalue weighted by Crippen LogP contribution is 2.25. The fourth-order valence-electron chi connectivity index (χ4n) is 2.64. The zero-order chi connectivity index (χ0) is 19.4. The largest absolute Gasteiger partial charge is 0.497 e. The molecule has 138 valence electrons. The highest BCUT2D eigenvalue weighted by atomic mass is 16.5. The van der Waals surface area contributed by atoms with E-state index in [1.165, 1.54) is 6.92 Å². The van der Waals surface area contributed by atoms with E-state index >= 15 is 0 Å². The Labute approximate surface area is 157 Å². The molecule has 1 aromatic heterocycles. The van der Waals surface area contributed by atoms with Gasteiger partial charge in [-0.05, 0) is 37.6 Å². The number of benzene rings is 2. The smallest absolute Gasteiger partial charge is 0.230 e. The van der Waals surface area contributed by atoms with Gasteiger partial charge < -0.3 is 14.6 Å². The van der Waals surface area contributed by atoms with Crippen LogP contribution in [0.15, 0.2) is 53.1 Å². The third-order valence-electron chi connectivity index (χ3n) is 4.17. The van der Waals surface area contributed by atoms with E-state index in [2.05, 4.69) is 10.5 Å². The van der Waals surface area contributed by atoms with Crippen molar-refractivity contribution in [2.45, 2.75) is 20.3 Å². The first-order chi connectivity index (χ1) is 13.0. The SMILES string of the molecule is COc1cccc(-c2cc(CC(=O)Nc3cc(C(C)=O)ccc3C)no2)c1. The average molecular weight is 364 g/mol. The molecule has 6 nitrogen and oxygen atoms in total. The lowest BCUT2D eigenvalue weighted by molar-refractivity contribution is -0.115.